The summed E-state index contributed by atoms with van der Waals surface area (Å²) in [6, 6.07) is 4.90. The molecule has 3 aliphatic carbocycles. The number of phenolic OH excluding ortho intramolecular Hbond substituents is 1. The minimum atomic E-state index is -3.17. The van der Waals surface area contributed by atoms with Crippen molar-refractivity contribution in [3.05, 3.63) is 63.8 Å². The lowest BCUT2D eigenvalue weighted by Gasteiger charge is -2.55. The summed E-state index contributed by atoms with van der Waals surface area (Å²) in [6.07, 6.45) is -0.453. The van der Waals surface area contributed by atoms with Crippen LogP contribution in [0.4, 0.5) is 0 Å². The fourth-order valence-electron chi connectivity index (χ4n) is 6.50. The lowest BCUT2D eigenvalue weighted by atomic mass is 9.56. The Hall–Kier alpha value is -3.97. The van der Waals surface area contributed by atoms with Gasteiger partial charge in [0.25, 0.3) is 5.91 Å². The smallest absolute Gasteiger partial charge is 0.255 e. The highest BCUT2D eigenvalue weighted by atomic mass is 16.4. The van der Waals surface area contributed by atoms with Crippen molar-refractivity contribution in [3.8, 4) is 17.1 Å². The van der Waals surface area contributed by atoms with E-state index in [4.69, 9.17) is 10.2 Å². The van der Waals surface area contributed by atoms with E-state index in [0.29, 0.717) is 29.2 Å². The standard InChI is InChI=1S/C28H31N3O9/c1-30(2)11-13-5-8-17(40-13)14-6-7-16(32)19-15(14)9-12-10-27(38)23(31(3)4)22(34)20(26(29)37)25(36)28(27,39)24(35)18(12)21(19)33/h5-8,12,23,32,34-35,38-39H,9-11H2,1-4H3,(H2,29,37)/t12-,23+,27+,28-/m0/s1. The van der Waals surface area contributed by atoms with E-state index in [0.717, 1.165) is 0 Å². The van der Waals surface area contributed by atoms with Crippen LogP contribution in [0.15, 0.2) is 51.3 Å². The molecule has 5 rings (SSSR count). The lowest BCUT2D eigenvalue weighted by molar-refractivity contribution is -0.199. The summed E-state index contributed by atoms with van der Waals surface area (Å²) in [6.45, 7) is 0.526. The number of rotatable bonds is 5. The van der Waals surface area contributed by atoms with E-state index in [-0.39, 0.29) is 23.3 Å². The summed E-state index contributed by atoms with van der Waals surface area (Å²) in [7, 11) is 6.64. The maximum atomic E-state index is 13.9. The number of benzene rings is 1. The molecular weight excluding hydrogens is 522 g/mol. The second-order valence-electron chi connectivity index (χ2n) is 11.1. The van der Waals surface area contributed by atoms with Crippen LogP contribution in [0.2, 0.25) is 0 Å². The molecule has 0 bridgehead atoms. The zero-order valence-corrected chi connectivity index (χ0v) is 22.4. The van der Waals surface area contributed by atoms with Crippen LogP contribution in [0, 0.1) is 5.92 Å². The number of furan rings is 1. The highest BCUT2D eigenvalue weighted by Crippen LogP contribution is 2.55. The quantitative estimate of drug-likeness (QED) is 0.283. The van der Waals surface area contributed by atoms with Gasteiger partial charge >= 0.3 is 0 Å². The number of aliphatic hydroxyl groups is 4. The lowest BCUT2D eigenvalue weighted by Crippen LogP contribution is -2.75. The third-order valence-electron chi connectivity index (χ3n) is 8.09. The molecule has 1 aromatic heterocycles. The molecule has 0 saturated carbocycles. The maximum absolute atomic E-state index is 13.9. The zero-order chi connectivity index (χ0) is 29.5. The van der Waals surface area contributed by atoms with Crippen molar-refractivity contribution in [2.24, 2.45) is 11.7 Å². The molecule has 1 heterocycles. The molecule has 4 atom stereocenters. The van der Waals surface area contributed by atoms with Gasteiger partial charge in [-0.15, -0.1) is 0 Å². The Balaban J connectivity index is 1.71. The minimum absolute atomic E-state index is 0.00773. The van der Waals surface area contributed by atoms with Crippen molar-refractivity contribution < 1.29 is 44.3 Å². The van der Waals surface area contributed by atoms with E-state index in [1.807, 2.05) is 19.0 Å². The highest BCUT2D eigenvalue weighted by Gasteiger charge is 2.71. The second kappa shape index (κ2) is 9.03. The van der Waals surface area contributed by atoms with Crippen molar-refractivity contribution in [2.45, 2.75) is 36.6 Å². The van der Waals surface area contributed by atoms with Crippen molar-refractivity contribution in [1.29, 1.82) is 0 Å². The van der Waals surface area contributed by atoms with E-state index in [2.05, 4.69) is 0 Å². The number of carbonyl (C=O) groups excluding carboxylic acids is 3. The van der Waals surface area contributed by atoms with E-state index in [1.54, 1.807) is 18.2 Å². The number of allylic oxidation sites excluding steroid dienone is 1. The Morgan fingerprint density at radius 2 is 1.75 bits per heavy atom. The van der Waals surface area contributed by atoms with Crippen LogP contribution in [-0.4, -0.2) is 98.2 Å². The number of amides is 1. The SMILES string of the molecule is CN(C)Cc1ccc(-c2ccc(O)c3c2C[C@H]2C[C@@]4(O)[C@H](N(C)C)C(O)=C(C(N)=O)C(=O)[C@@]4(O)C(O)=C2C3=O)o1. The Labute approximate surface area is 229 Å². The number of nitrogens with two attached hydrogens (primary N) is 1. The van der Waals surface area contributed by atoms with Crippen LogP contribution in [0.3, 0.4) is 0 Å². The van der Waals surface area contributed by atoms with Gasteiger partial charge in [-0.2, -0.15) is 0 Å². The van der Waals surface area contributed by atoms with Gasteiger partial charge in [0.1, 0.15) is 46.0 Å². The summed E-state index contributed by atoms with van der Waals surface area (Å²) in [5.41, 5.74) is -1.01. The molecule has 0 saturated heterocycles. The monoisotopic (exact) mass is 553 g/mol. The van der Waals surface area contributed by atoms with Crippen LogP contribution < -0.4 is 5.73 Å². The fraction of sp³-hybridized carbons (Fsp3) is 0.393. The molecule has 7 N–H and O–H groups in total. The first kappa shape index (κ1) is 27.6. The van der Waals surface area contributed by atoms with Gasteiger partial charge in [0, 0.05) is 11.1 Å². The first-order chi connectivity index (χ1) is 18.6. The average molecular weight is 554 g/mol. The summed E-state index contributed by atoms with van der Waals surface area (Å²) >= 11 is 0. The molecule has 2 aromatic rings. The summed E-state index contributed by atoms with van der Waals surface area (Å²) in [5, 5.41) is 56.6. The number of phenols is 1. The number of likely N-dealkylation sites (N-methyl/N-ethyl adjacent to an activating group) is 1. The Bertz CT molecular complexity index is 1540. The zero-order valence-electron chi connectivity index (χ0n) is 22.4. The molecule has 12 heteroatoms. The number of hydrogen-bond donors (Lipinski definition) is 6. The third-order valence-corrected chi connectivity index (χ3v) is 8.09. The number of aliphatic hydroxyl groups excluding tert-OH is 2. The molecule has 0 spiro atoms. The number of ketones is 2. The van der Waals surface area contributed by atoms with Crippen molar-refractivity contribution in [3.63, 3.8) is 0 Å². The predicted octanol–water partition coefficient (Wildman–Crippen LogP) is 0.557. The number of aromatic hydroxyl groups is 1. The number of Topliss-reactive ketones (excluding diaryl/α,β-unsaturated/α-hetero) is 2. The summed E-state index contributed by atoms with van der Waals surface area (Å²) in [5.74, 6) is -5.98. The third kappa shape index (κ3) is 3.57. The number of carbonyl (C=O) groups is 3. The van der Waals surface area contributed by atoms with Crippen molar-refractivity contribution >= 4 is 17.5 Å². The van der Waals surface area contributed by atoms with Crippen LogP contribution in [0.1, 0.15) is 28.1 Å². The van der Waals surface area contributed by atoms with E-state index < -0.39 is 64.1 Å². The molecular formula is C28H31N3O9. The number of fused-ring (bicyclic) bond motifs is 3. The van der Waals surface area contributed by atoms with Crippen LogP contribution in [0.25, 0.3) is 11.3 Å². The van der Waals surface area contributed by atoms with Crippen LogP contribution in [0.5, 0.6) is 5.75 Å². The van der Waals surface area contributed by atoms with Crippen molar-refractivity contribution in [1.82, 2.24) is 9.80 Å². The average Bonchev–Trinajstić information content (AvgIpc) is 3.28. The Morgan fingerprint density at radius 3 is 2.35 bits per heavy atom. The van der Waals surface area contributed by atoms with Gasteiger partial charge in [-0.1, -0.05) is 0 Å². The molecule has 12 nitrogen and oxygen atoms in total. The highest BCUT2D eigenvalue weighted by molar-refractivity contribution is 6.25. The van der Waals surface area contributed by atoms with E-state index in [9.17, 15) is 39.9 Å². The minimum Gasteiger partial charge on any atom is -0.510 e. The molecule has 3 aliphatic rings. The largest absolute Gasteiger partial charge is 0.510 e. The van der Waals surface area contributed by atoms with Crippen molar-refractivity contribution in [2.75, 3.05) is 28.2 Å². The maximum Gasteiger partial charge on any atom is 0.255 e. The first-order valence-corrected chi connectivity index (χ1v) is 12.6. The Kier molecular flexibility index (Phi) is 6.23. The number of primary amides is 1. The molecule has 1 aromatic carbocycles. The van der Waals surface area contributed by atoms with Gasteiger partial charge in [-0.05, 0) is 76.8 Å². The molecule has 0 unspecified atom stereocenters. The normalized spacial score (nSPS) is 28.2. The van der Waals surface area contributed by atoms with Gasteiger partial charge in [-0.3, -0.25) is 19.3 Å². The van der Waals surface area contributed by atoms with Gasteiger partial charge in [0.2, 0.25) is 11.4 Å². The fourth-order valence-corrected chi connectivity index (χ4v) is 6.50. The van der Waals surface area contributed by atoms with E-state index in [1.165, 1.54) is 25.1 Å². The summed E-state index contributed by atoms with van der Waals surface area (Å²) in [4.78, 5) is 42.6. The van der Waals surface area contributed by atoms with Gasteiger partial charge in [0.05, 0.1) is 12.1 Å². The molecule has 1 amide bonds. The topological polar surface area (TPSA) is 198 Å². The van der Waals surface area contributed by atoms with Crippen LogP contribution >= 0.6 is 0 Å². The van der Waals surface area contributed by atoms with Crippen LogP contribution in [-0.2, 0) is 22.6 Å². The molecule has 0 fully saturated rings. The van der Waals surface area contributed by atoms with E-state index >= 15 is 0 Å². The summed E-state index contributed by atoms with van der Waals surface area (Å²) < 4.78 is 5.99. The number of nitrogens with zero attached hydrogens (tertiary/aromatic N) is 2. The second-order valence-corrected chi connectivity index (χ2v) is 11.1. The molecule has 212 valence electrons. The first-order valence-electron chi connectivity index (χ1n) is 12.6. The van der Waals surface area contributed by atoms with Gasteiger partial charge < -0.3 is 40.6 Å². The molecule has 0 aliphatic heterocycles. The van der Waals surface area contributed by atoms with Gasteiger partial charge in [0.15, 0.2) is 5.78 Å². The number of hydrogen-bond acceptors (Lipinski definition) is 11. The predicted molar refractivity (Wildman–Crippen MR) is 140 cm³/mol. The Morgan fingerprint density at radius 1 is 1.07 bits per heavy atom. The molecule has 0 radical (unpaired) electrons. The van der Waals surface area contributed by atoms with Gasteiger partial charge in [-0.25, -0.2) is 0 Å². The molecule has 40 heavy (non-hydrogen) atoms.